The Morgan fingerprint density at radius 1 is 0.977 bits per heavy atom. The third kappa shape index (κ3) is 6.65. The number of para-hydroxylation sites is 2. The molecule has 3 heterocycles. The number of carbonyl (C=O) groups excluding carboxylic acids is 1. The summed E-state index contributed by atoms with van der Waals surface area (Å²) in [4.78, 5) is 17.9. The zero-order chi connectivity index (χ0) is 31.8. The third-order valence-corrected chi connectivity index (χ3v) is 8.14. The molecule has 238 valence electrons. The topological polar surface area (TPSA) is 74.1 Å². The van der Waals surface area contributed by atoms with Gasteiger partial charge in [0.2, 0.25) is 5.91 Å². The van der Waals surface area contributed by atoms with Crippen molar-refractivity contribution < 1.29 is 41.0 Å². The lowest BCUT2D eigenvalue weighted by atomic mass is 9.95. The molecule has 3 aromatic rings. The number of rotatable bonds is 7. The first-order chi connectivity index (χ1) is 20.8. The Balaban J connectivity index is 1.38. The van der Waals surface area contributed by atoms with E-state index >= 15 is 0 Å². The van der Waals surface area contributed by atoms with E-state index in [2.05, 4.69) is 14.9 Å². The molecule has 2 aliphatic heterocycles. The van der Waals surface area contributed by atoms with Crippen LogP contribution in [0.4, 0.5) is 32.0 Å². The van der Waals surface area contributed by atoms with Crippen molar-refractivity contribution in [3.8, 4) is 17.0 Å². The second kappa shape index (κ2) is 12.3. The summed E-state index contributed by atoms with van der Waals surface area (Å²) in [6, 6.07) is 9.17. The molecular formula is C30H33F6N5O3. The predicted octanol–water partition coefficient (Wildman–Crippen LogP) is 4.68. The maximum absolute atomic E-state index is 14.1. The number of hydrogen-bond donors (Lipinski definition) is 1. The number of ether oxygens (including phenoxy) is 1. The van der Waals surface area contributed by atoms with E-state index in [0.717, 1.165) is 17.5 Å². The van der Waals surface area contributed by atoms with Gasteiger partial charge in [-0.3, -0.25) is 14.4 Å². The van der Waals surface area contributed by atoms with Crippen LogP contribution in [-0.4, -0.2) is 83.1 Å². The van der Waals surface area contributed by atoms with Gasteiger partial charge in [-0.15, -0.1) is 0 Å². The first kappa shape index (κ1) is 31.6. The zero-order valence-electron chi connectivity index (χ0n) is 24.3. The van der Waals surface area contributed by atoms with E-state index in [0.29, 0.717) is 50.0 Å². The summed E-state index contributed by atoms with van der Waals surface area (Å²) in [5.41, 5.74) is -1.69. The summed E-state index contributed by atoms with van der Waals surface area (Å²) >= 11 is 0. The van der Waals surface area contributed by atoms with Crippen molar-refractivity contribution in [3.63, 3.8) is 0 Å². The molecule has 0 saturated carbocycles. The molecule has 1 amide bonds. The fourth-order valence-electron chi connectivity index (χ4n) is 5.91. The number of anilines is 1. The number of β-amino-alcohol motifs (C(OH)–C–C–N with tert-alkyl or cyclic N) is 1. The molecule has 1 saturated heterocycles. The number of benzene rings is 2. The zero-order valence-corrected chi connectivity index (χ0v) is 24.3. The lowest BCUT2D eigenvalue weighted by molar-refractivity contribution is -0.142. The first-order valence-corrected chi connectivity index (χ1v) is 14.2. The molecule has 2 aliphatic rings. The van der Waals surface area contributed by atoms with Gasteiger partial charge >= 0.3 is 12.4 Å². The lowest BCUT2D eigenvalue weighted by Crippen LogP contribution is -2.49. The largest absolute Gasteiger partial charge is 0.495 e. The van der Waals surface area contributed by atoms with Crippen LogP contribution in [-0.2, 0) is 36.7 Å². The average molecular weight is 626 g/mol. The van der Waals surface area contributed by atoms with Crippen LogP contribution in [0.3, 0.4) is 0 Å². The third-order valence-electron chi connectivity index (χ3n) is 8.14. The van der Waals surface area contributed by atoms with Gasteiger partial charge in [0.1, 0.15) is 5.75 Å². The van der Waals surface area contributed by atoms with Crippen LogP contribution in [0.5, 0.6) is 5.75 Å². The van der Waals surface area contributed by atoms with E-state index in [9.17, 15) is 36.2 Å². The molecule has 0 radical (unpaired) electrons. The quantitative estimate of drug-likeness (QED) is 0.385. The van der Waals surface area contributed by atoms with Crippen molar-refractivity contribution >= 4 is 11.6 Å². The summed E-state index contributed by atoms with van der Waals surface area (Å²) in [5, 5.41) is 15.5. The summed E-state index contributed by atoms with van der Waals surface area (Å²) in [6.07, 6.45) is -10.7. The Morgan fingerprint density at radius 2 is 1.68 bits per heavy atom. The van der Waals surface area contributed by atoms with Gasteiger partial charge in [0, 0.05) is 76.0 Å². The van der Waals surface area contributed by atoms with Crippen molar-refractivity contribution in [3.05, 3.63) is 64.8 Å². The van der Waals surface area contributed by atoms with Crippen molar-refractivity contribution in [2.75, 3.05) is 51.3 Å². The molecule has 8 nitrogen and oxygen atoms in total. The minimum absolute atomic E-state index is 0.0306. The Labute approximate surface area is 250 Å². The van der Waals surface area contributed by atoms with Crippen LogP contribution < -0.4 is 9.64 Å². The van der Waals surface area contributed by atoms with Crippen LogP contribution in [0.25, 0.3) is 11.3 Å². The van der Waals surface area contributed by atoms with E-state index in [-0.39, 0.29) is 43.7 Å². The first-order valence-electron chi connectivity index (χ1n) is 14.2. The molecule has 1 fully saturated rings. The molecule has 2 aromatic carbocycles. The molecule has 1 atom stereocenters. The van der Waals surface area contributed by atoms with Gasteiger partial charge in [0.25, 0.3) is 0 Å². The Bertz CT molecular complexity index is 1500. The number of nitrogens with zero attached hydrogens (tertiary/aromatic N) is 5. The Hall–Kier alpha value is -3.78. The van der Waals surface area contributed by atoms with Crippen LogP contribution in [0, 0.1) is 0 Å². The van der Waals surface area contributed by atoms with E-state index < -0.39 is 35.1 Å². The highest BCUT2D eigenvalue weighted by Gasteiger charge is 2.40. The molecule has 14 heteroatoms. The average Bonchev–Trinajstić information content (AvgIpc) is 3.33. The predicted molar refractivity (Wildman–Crippen MR) is 150 cm³/mol. The van der Waals surface area contributed by atoms with Gasteiger partial charge < -0.3 is 19.6 Å². The van der Waals surface area contributed by atoms with Crippen LogP contribution in [0.2, 0.25) is 0 Å². The van der Waals surface area contributed by atoms with Gasteiger partial charge in [-0.2, -0.15) is 31.4 Å². The Morgan fingerprint density at radius 3 is 2.32 bits per heavy atom. The molecule has 0 aliphatic carbocycles. The van der Waals surface area contributed by atoms with Gasteiger partial charge in [0.15, 0.2) is 0 Å². The van der Waals surface area contributed by atoms with E-state index in [1.54, 1.807) is 7.11 Å². The van der Waals surface area contributed by atoms with Crippen molar-refractivity contribution in [1.29, 1.82) is 0 Å². The number of carbonyl (C=O) groups is 1. The van der Waals surface area contributed by atoms with Crippen molar-refractivity contribution in [2.24, 2.45) is 0 Å². The lowest BCUT2D eigenvalue weighted by Gasteiger charge is -2.37. The summed E-state index contributed by atoms with van der Waals surface area (Å²) in [5.74, 6) is 0.482. The summed E-state index contributed by atoms with van der Waals surface area (Å²) in [7, 11) is 1.62. The number of amides is 1. The maximum Gasteiger partial charge on any atom is 0.417 e. The SMILES string of the molecule is COc1ccccc1N1CCN(CC(O)Cn2nc(-c3ccc(C(F)(F)F)cc3C(F)(F)F)c3c2CCN(C(C)=O)C3)CC1. The molecule has 1 aromatic heterocycles. The monoisotopic (exact) mass is 625 g/mol. The van der Waals surface area contributed by atoms with Crippen LogP contribution in [0.1, 0.15) is 29.3 Å². The smallest absolute Gasteiger partial charge is 0.417 e. The molecule has 5 rings (SSSR count). The minimum atomic E-state index is -5.09. The van der Waals surface area contributed by atoms with Crippen LogP contribution >= 0.6 is 0 Å². The molecule has 1 N–H and O–H groups in total. The second-order valence-corrected chi connectivity index (χ2v) is 11.0. The van der Waals surface area contributed by atoms with Crippen molar-refractivity contribution in [1.82, 2.24) is 19.6 Å². The highest BCUT2D eigenvalue weighted by molar-refractivity contribution is 5.75. The fourth-order valence-corrected chi connectivity index (χ4v) is 5.91. The standard InChI is InChI=1S/C30H33F6N5O3/c1-19(42)40-10-9-25-23(18-40)28(22-8-7-20(29(31,32)33)15-24(22)30(34,35)36)37-41(25)17-21(43)16-38-11-13-39(14-12-38)26-5-3-4-6-27(26)44-2/h3-8,15,21,43H,9-14,16-18H2,1-2H3. The number of methoxy groups -OCH3 is 1. The number of hydrogen-bond acceptors (Lipinski definition) is 6. The summed E-state index contributed by atoms with van der Waals surface area (Å²) < 4.78 is 89.1. The summed E-state index contributed by atoms with van der Waals surface area (Å²) in [6.45, 7) is 4.57. The number of alkyl halides is 6. The number of aliphatic hydroxyl groups is 1. The molecular weight excluding hydrogens is 592 g/mol. The minimum Gasteiger partial charge on any atom is -0.495 e. The highest BCUT2D eigenvalue weighted by Crippen LogP contribution is 2.42. The Kier molecular flexibility index (Phi) is 8.85. The molecule has 0 bridgehead atoms. The second-order valence-electron chi connectivity index (χ2n) is 11.0. The fraction of sp³-hybridized carbons (Fsp3) is 0.467. The maximum atomic E-state index is 14.1. The highest BCUT2D eigenvalue weighted by atomic mass is 19.4. The number of halogens is 6. The van der Waals surface area contributed by atoms with Crippen molar-refractivity contribution in [2.45, 2.75) is 44.9 Å². The normalized spacial score (nSPS) is 17.0. The van der Waals surface area contributed by atoms with Gasteiger partial charge in [-0.1, -0.05) is 18.2 Å². The van der Waals surface area contributed by atoms with Crippen LogP contribution in [0.15, 0.2) is 42.5 Å². The van der Waals surface area contributed by atoms with Gasteiger partial charge in [-0.05, 0) is 24.3 Å². The van der Waals surface area contributed by atoms with Gasteiger partial charge in [-0.25, -0.2) is 0 Å². The van der Waals surface area contributed by atoms with E-state index in [1.807, 2.05) is 24.3 Å². The number of aromatic nitrogens is 2. The molecule has 44 heavy (non-hydrogen) atoms. The number of aliphatic hydroxyl groups excluding tert-OH is 1. The van der Waals surface area contributed by atoms with E-state index in [4.69, 9.17) is 4.74 Å². The number of fused-ring (bicyclic) bond motifs is 1. The number of piperazine rings is 1. The van der Waals surface area contributed by atoms with Gasteiger partial charge in [0.05, 0.1) is 42.3 Å². The molecule has 1 unspecified atom stereocenters. The molecule has 0 spiro atoms. The van der Waals surface area contributed by atoms with E-state index in [1.165, 1.54) is 16.5 Å².